The highest BCUT2D eigenvalue weighted by Crippen LogP contribution is 2.38. The number of carbonyl (C=O) groups is 1. The molecule has 3 fully saturated rings. The summed E-state index contributed by atoms with van der Waals surface area (Å²) in [5, 5.41) is 21.6. The Labute approximate surface area is 208 Å². The van der Waals surface area contributed by atoms with Gasteiger partial charge in [0.1, 0.15) is 11.4 Å². The summed E-state index contributed by atoms with van der Waals surface area (Å²) in [6.45, 7) is 3.35. The van der Waals surface area contributed by atoms with Crippen LogP contribution >= 0.6 is 23.2 Å². The Hall–Kier alpha value is -1.90. The number of amides is 1. The van der Waals surface area contributed by atoms with E-state index in [4.69, 9.17) is 23.2 Å². The molecule has 3 heterocycles. The van der Waals surface area contributed by atoms with Crippen LogP contribution in [0.2, 0.25) is 10.0 Å². The van der Waals surface area contributed by atoms with Crippen molar-refractivity contribution in [3.63, 3.8) is 0 Å². The van der Waals surface area contributed by atoms with Gasteiger partial charge < -0.3 is 20.0 Å². The molecular weight excluding hydrogens is 480 g/mol. The lowest BCUT2D eigenvalue weighted by Gasteiger charge is -2.49. The molecule has 0 spiro atoms. The number of nitrogens with zero attached hydrogens (tertiary/aromatic N) is 3. The number of rotatable bonds is 3. The van der Waals surface area contributed by atoms with E-state index in [1.54, 1.807) is 12.1 Å². The molecule has 2 aromatic rings. The van der Waals surface area contributed by atoms with Crippen LogP contribution in [0.1, 0.15) is 35.2 Å². The first kappa shape index (κ1) is 23.8. The van der Waals surface area contributed by atoms with Crippen molar-refractivity contribution >= 4 is 34.8 Å². The maximum atomic E-state index is 13.6. The second-order valence-corrected chi connectivity index (χ2v) is 10.4. The SMILES string of the molecule is O=C(c1cccc(N2CC[C@@H](O)C2)c1Cl)N1CCN2C[C@@](O)(c3ccc(F)c(Cl)c3)CC[C@@H]2C1. The molecule has 1 amide bonds. The summed E-state index contributed by atoms with van der Waals surface area (Å²) in [5.41, 5.74) is 0.773. The Morgan fingerprint density at radius 3 is 2.65 bits per heavy atom. The number of β-amino-alcohol motifs (C(OH)–C–C–N with tert-alkyl or cyclic N) is 1. The van der Waals surface area contributed by atoms with E-state index in [1.165, 1.54) is 12.1 Å². The fourth-order valence-electron chi connectivity index (χ4n) is 5.46. The van der Waals surface area contributed by atoms with E-state index in [-0.39, 0.29) is 23.1 Å². The van der Waals surface area contributed by atoms with Gasteiger partial charge in [0.15, 0.2) is 0 Å². The minimum Gasteiger partial charge on any atom is -0.391 e. The van der Waals surface area contributed by atoms with Gasteiger partial charge in [-0.3, -0.25) is 9.69 Å². The summed E-state index contributed by atoms with van der Waals surface area (Å²) in [6, 6.07) is 10.00. The summed E-state index contributed by atoms with van der Waals surface area (Å²) in [7, 11) is 0. The molecule has 182 valence electrons. The fraction of sp³-hybridized carbons (Fsp3) is 0.480. The molecule has 0 unspecified atom stereocenters. The predicted molar refractivity (Wildman–Crippen MR) is 130 cm³/mol. The molecule has 3 saturated heterocycles. The molecule has 0 aliphatic carbocycles. The van der Waals surface area contributed by atoms with Gasteiger partial charge in [0, 0.05) is 45.3 Å². The van der Waals surface area contributed by atoms with E-state index >= 15 is 0 Å². The predicted octanol–water partition coefficient (Wildman–Crippen LogP) is 3.51. The van der Waals surface area contributed by atoms with E-state index in [2.05, 4.69) is 4.90 Å². The molecule has 5 rings (SSSR count). The maximum Gasteiger partial charge on any atom is 0.255 e. The average molecular weight is 508 g/mol. The summed E-state index contributed by atoms with van der Waals surface area (Å²) in [6.07, 6.45) is 1.52. The second kappa shape index (κ2) is 9.28. The van der Waals surface area contributed by atoms with E-state index < -0.39 is 11.4 Å². The minimum atomic E-state index is -1.10. The van der Waals surface area contributed by atoms with Crippen LogP contribution in [0.25, 0.3) is 0 Å². The molecule has 9 heteroatoms. The van der Waals surface area contributed by atoms with Gasteiger partial charge >= 0.3 is 0 Å². The third-order valence-electron chi connectivity index (χ3n) is 7.42. The lowest BCUT2D eigenvalue weighted by Crippen LogP contribution is -2.60. The Kier molecular flexibility index (Phi) is 6.50. The average Bonchev–Trinajstić information content (AvgIpc) is 3.26. The summed E-state index contributed by atoms with van der Waals surface area (Å²) < 4.78 is 13.6. The van der Waals surface area contributed by atoms with E-state index in [0.29, 0.717) is 74.7 Å². The first-order valence-corrected chi connectivity index (χ1v) is 12.4. The van der Waals surface area contributed by atoms with Crippen molar-refractivity contribution < 1.29 is 19.4 Å². The highest BCUT2D eigenvalue weighted by Gasteiger charge is 2.42. The molecule has 6 nitrogen and oxygen atoms in total. The molecule has 0 saturated carbocycles. The zero-order valence-corrected chi connectivity index (χ0v) is 20.3. The number of halogens is 3. The van der Waals surface area contributed by atoms with Crippen LogP contribution in [0, 0.1) is 5.82 Å². The van der Waals surface area contributed by atoms with Gasteiger partial charge in [0.05, 0.1) is 27.4 Å². The van der Waals surface area contributed by atoms with E-state index in [9.17, 15) is 19.4 Å². The highest BCUT2D eigenvalue weighted by molar-refractivity contribution is 6.36. The van der Waals surface area contributed by atoms with E-state index in [1.807, 2.05) is 21.9 Å². The number of fused-ring (bicyclic) bond motifs is 1. The van der Waals surface area contributed by atoms with Crippen LogP contribution in [0.4, 0.5) is 10.1 Å². The van der Waals surface area contributed by atoms with E-state index in [0.717, 1.165) is 5.69 Å². The molecule has 2 aromatic carbocycles. The van der Waals surface area contributed by atoms with Crippen molar-refractivity contribution in [3.05, 3.63) is 63.4 Å². The number of hydrogen-bond donors (Lipinski definition) is 2. The third-order valence-corrected chi connectivity index (χ3v) is 8.10. The summed E-state index contributed by atoms with van der Waals surface area (Å²) >= 11 is 12.6. The Morgan fingerprint density at radius 1 is 1.09 bits per heavy atom. The molecule has 0 bridgehead atoms. The zero-order valence-electron chi connectivity index (χ0n) is 18.8. The van der Waals surface area contributed by atoms with Gasteiger partial charge in [-0.15, -0.1) is 0 Å². The zero-order chi connectivity index (χ0) is 24.0. The lowest BCUT2D eigenvalue weighted by molar-refractivity contribution is -0.0740. The van der Waals surface area contributed by atoms with Crippen LogP contribution in [-0.4, -0.2) is 77.3 Å². The molecule has 0 aromatic heterocycles. The quantitative estimate of drug-likeness (QED) is 0.665. The monoisotopic (exact) mass is 507 g/mol. The smallest absolute Gasteiger partial charge is 0.255 e. The molecule has 2 N–H and O–H groups in total. The number of anilines is 1. The van der Waals surface area contributed by atoms with Gasteiger partial charge in [-0.1, -0.05) is 35.3 Å². The Morgan fingerprint density at radius 2 is 1.91 bits per heavy atom. The van der Waals surface area contributed by atoms with Gasteiger partial charge in [-0.2, -0.15) is 0 Å². The van der Waals surface area contributed by atoms with Crippen molar-refractivity contribution in [2.24, 2.45) is 0 Å². The first-order valence-electron chi connectivity index (χ1n) is 11.7. The van der Waals surface area contributed by atoms with Gasteiger partial charge in [-0.05, 0) is 49.1 Å². The maximum absolute atomic E-state index is 13.6. The molecule has 34 heavy (non-hydrogen) atoms. The van der Waals surface area contributed by atoms with Crippen molar-refractivity contribution in [2.75, 3.05) is 44.2 Å². The second-order valence-electron chi connectivity index (χ2n) is 9.60. The topological polar surface area (TPSA) is 67.3 Å². The fourth-order valence-corrected chi connectivity index (χ4v) is 5.97. The number of piperazine rings is 1. The van der Waals surface area contributed by atoms with Crippen molar-refractivity contribution in [2.45, 2.75) is 37.0 Å². The van der Waals surface area contributed by atoms with Crippen LogP contribution in [-0.2, 0) is 5.60 Å². The van der Waals surface area contributed by atoms with Crippen molar-refractivity contribution in [1.82, 2.24) is 9.80 Å². The number of carbonyl (C=O) groups excluding carboxylic acids is 1. The molecule has 0 radical (unpaired) electrons. The van der Waals surface area contributed by atoms with Crippen molar-refractivity contribution in [1.29, 1.82) is 0 Å². The number of hydrogen-bond acceptors (Lipinski definition) is 5. The molecule has 3 aliphatic rings. The Balaban J connectivity index is 1.28. The molecule has 3 atom stereocenters. The van der Waals surface area contributed by atoms with Gasteiger partial charge in [0.2, 0.25) is 0 Å². The van der Waals surface area contributed by atoms with Crippen LogP contribution in [0.15, 0.2) is 36.4 Å². The minimum absolute atomic E-state index is 0.00557. The number of piperidine rings is 1. The summed E-state index contributed by atoms with van der Waals surface area (Å²) in [5.74, 6) is -0.601. The lowest BCUT2D eigenvalue weighted by atomic mass is 9.82. The third kappa shape index (κ3) is 4.40. The first-order chi connectivity index (χ1) is 16.2. The van der Waals surface area contributed by atoms with Crippen LogP contribution in [0.5, 0.6) is 0 Å². The number of benzene rings is 2. The van der Waals surface area contributed by atoms with Crippen LogP contribution in [0.3, 0.4) is 0 Å². The largest absolute Gasteiger partial charge is 0.391 e. The highest BCUT2D eigenvalue weighted by atomic mass is 35.5. The standard InChI is InChI=1S/C25H28Cl2FN3O3/c26-20-12-16(4-5-21(20)28)25(34)8-6-17-13-30(10-11-31(17)15-25)24(33)19-2-1-3-22(23(19)27)29-9-7-18(32)14-29/h1-5,12,17-18,32,34H,6-11,13-15H2/t17-,18-,25-/m1/s1. The Bertz CT molecular complexity index is 1100. The van der Waals surface area contributed by atoms with Gasteiger partial charge in [0.25, 0.3) is 5.91 Å². The summed E-state index contributed by atoms with van der Waals surface area (Å²) in [4.78, 5) is 19.5. The van der Waals surface area contributed by atoms with Crippen molar-refractivity contribution in [3.8, 4) is 0 Å². The number of aliphatic hydroxyl groups excluding tert-OH is 1. The normalized spacial score (nSPS) is 27.7. The van der Waals surface area contributed by atoms with Gasteiger partial charge in [-0.25, -0.2) is 4.39 Å². The molecular formula is C25H28Cl2FN3O3. The molecule has 3 aliphatic heterocycles. The van der Waals surface area contributed by atoms with Crippen LogP contribution < -0.4 is 4.90 Å². The number of aliphatic hydroxyl groups is 2.